The summed E-state index contributed by atoms with van der Waals surface area (Å²) in [5, 5.41) is 5.30. The van der Waals surface area contributed by atoms with Crippen LogP contribution >= 0.6 is 12.4 Å². The van der Waals surface area contributed by atoms with Gasteiger partial charge in [0.25, 0.3) is 0 Å². The van der Waals surface area contributed by atoms with Crippen molar-refractivity contribution in [3.05, 3.63) is 0 Å². The minimum Gasteiger partial charge on any atom is -0.379 e. The number of hydrogen-bond donors (Lipinski definition) is 3. The Kier molecular flexibility index (Phi) is 10.3. The molecule has 0 aliphatic carbocycles. The van der Waals surface area contributed by atoms with Crippen molar-refractivity contribution in [2.45, 2.75) is 45.4 Å². The first-order chi connectivity index (χ1) is 9.90. The molecule has 1 heterocycles. The molecule has 1 saturated heterocycles. The van der Waals surface area contributed by atoms with Crippen LogP contribution in [0.1, 0.15) is 27.2 Å². The Morgan fingerprint density at radius 1 is 1.36 bits per heavy atom. The molecule has 3 atom stereocenters. The van der Waals surface area contributed by atoms with E-state index in [1.165, 1.54) is 0 Å². The van der Waals surface area contributed by atoms with E-state index in [2.05, 4.69) is 10.6 Å². The summed E-state index contributed by atoms with van der Waals surface area (Å²) >= 11 is 0. The highest BCUT2D eigenvalue weighted by atomic mass is 35.5. The predicted octanol–water partition coefficient (Wildman–Crippen LogP) is -0.182. The number of carbonyl (C=O) groups is 2. The molecule has 2 amide bonds. The van der Waals surface area contributed by atoms with Gasteiger partial charge in [0, 0.05) is 12.6 Å². The van der Waals surface area contributed by atoms with E-state index >= 15 is 0 Å². The molecular formula is C14H28ClN3O4. The number of rotatable bonds is 8. The molecule has 1 rings (SSSR count). The molecule has 0 saturated carbocycles. The van der Waals surface area contributed by atoms with Gasteiger partial charge in [-0.2, -0.15) is 0 Å². The van der Waals surface area contributed by atoms with Crippen molar-refractivity contribution in [3.8, 4) is 0 Å². The van der Waals surface area contributed by atoms with Crippen molar-refractivity contribution >= 4 is 24.2 Å². The van der Waals surface area contributed by atoms with Crippen molar-refractivity contribution in [1.82, 2.24) is 10.6 Å². The summed E-state index contributed by atoms with van der Waals surface area (Å²) in [6.45, 7) is 7.27. The van der Waals surface area contributed by atoms with Crippen molar-refractivity contribution < 1.29 is 19.1 Å². The number of carbonyl (C=O) groups excluding carboxylic acids is 2. The SMILES string of the molecule is CC(COC1CCOC1)NC(=O)CNC(=O)[C@@H](N)C(C)C.Cl. The van der Waals surface area contributed by atoms with Crippen LogP contribution in [0.3, 0.4) is 0 Å². The minimum atomic E-state index is -0.596. The second kappa shape index (κ2) is 10.8. The second-order valence-electron chi connectivity index (χ2n) is 5.78. The zero-order valence-corrected chi connectivity index (χ0v) is 14.3. The fraction of sp³-hybridized carbons (Fsp3) is 0.857. The molecular weight excluding hydrogens is 310 g/mol. The molecule has 1 aliphatic heterocycles. The van der Waals surface area contributed by atoms with Crippen LogP contribution in [0.2, 0.25) is 0 Å². The van der Waals surface area contributed by atoms with Gasteiger partial charge in [-0.1, -0.05) is 13.8 Å². The Labute approximate surface area is 138 Å². The van der Waals surface area contributed by atoms with Gasteiger partial charge in [0.05, 0.1) is 31.9 Å². The van der Waals surface area contributed by atoms with Crippen LogP contribution in [0.5, 0.6) is 0 Å². The zero-order valence-electron chi connectivity index (χ0n) is 13.5. The highest BCUT2D eigenvalue weighted by Crippen LogP contribution is 2.08. The van der Waals surface area contributed by atoms with E-state index in [4.69, 9.17) is 15.2 Å². The lowest BCUT2D eigenvalue weighted by Crippen LogP contribution is -2.48. The minimum absolute atomic E-state index is 0. The lowest BCUT2D eigenvalue weighted by Gasteiger charge is -2.18. The van der Waals surface area contributed by atoms with Crippen LogP contribution in [0.4, 0.5) is 0 Å². The van der Waals surface area contributed by atoms with Crippen LogP contribution in [0.15, 0.2) is 0 Å². The van der Waals surface area contributed by atoms with Crippen LogP contribution in [-0.4, -0.2) is 56.4 Å². The van der Waals surface area contributed by atoms with Gasteiger partial charge in [-0.15, -0.1) is 12.4 Å². The van der Waals surface area contributed by atoms with E-state index in [0.717, 1.165) is 13.0 Å². The van der Waals surface area contributed by atoms with Gasteiger partial charge in [0.1, 0.15) is 0 Å². The summed E-state index contributed by atoms with van der Waals surface area (Å²) in [5.74, 6) is -0.528. The fourth-order valence-corrected chi connectivity index (χ4v) is 1.88. The largest absolute Gasteiger partial charge is 0.379 e. The molecule has 1 aliphatic rings. The van der Waals surface area contributed by atoms with Crippen molar-refractivity contribution in [2.75, 3.05) is 26.4 Å². The standard InChI is InChI=1S/C14H27N3O4.ClH/c1-9(2)13(15)14(19)16-6-12(18)17-10(3)7-21-11-4-5-20-8-11;/h9-11,13H,4-8,15H2,1-3H3,(H,16,19)(H,17,18);1H/t10?,11?,13-;/m0./s1. The molecule has 0 aromatic rings. The Bertz CT molecular complexity index is 349. The van der Waals surface area contributed by atoms with Crippen molar-refractivity contribution in [2.24, 2.45) is 11.7 Å². The third-order valence-electron chi connectivity index (χ3n) is 3.32. The number of hydrogen-bond acceptors (Lipinski definition) is 5. The van der Waals surface area contributed by atoms with Crippen LogP contribution in [0, 0.1) is 5.92 Å². The fourth-order valence-electron chi connectivity index (χ4n) is 1.88. The first-order valence-corrected chi connectivity index (χ1v) is 7.42. The molecule has 4 N–H and O–H groups in total. The maximum atomic E-state index is 11.7. The average Bonchev–Trinajstić information content (AvgIpc) is 2.94. The Balaban J connectivity index is 0.00000441. The van der Waals surface area contributed by atoms with Gasteiger partial charge in [-0.05, 0) is 19.3 Å². The summed E-state index contributed by atoms with van der Waals surface area (Å²) in [4.78, 5) is 23.3. The second-order valence-corrected chi connectivity index (χ2v) is 5.78. The van der Waals surface area contributed by atoms with Crippen molar-refractivity contribution in [3.63, 3.8) is 0 Å². The molecule has 0 aromatic carbocycles. The summed E-state index contributed by atoms with van der Waals surface area (Å²) in [7, 11) is 0. The lowest BCUT2D eigenvalue weighted by molar-refractivity contribution is -0.127. The van der Waals surface area contributed by atoms with Gasteiger partial charge in [-0.3, -0.25) is 9.59 Å². The Hall–Kier alpha value is -0.890. The van der Waals surface area contributed by atoms with E-state index in [0.29, 0.717) is 13.2 Å². The molecule has 0 radical (unpaired) electrons. The van der Waals surface area contributed by atoms with Gasteiger partial charge in [0.15, 0.2) is 0 Å². The van der Waals surface area contributed by atoms with Crippen LogP contribution in [-0.2, 0) is 19.1 Å². The van der Waals surface area contributed by atoms with Gasteiger partial charge in [-0.25, -0.2) is 0 Å². The molecule has 8 heteroatoms. The summed E-state index contributed by atoms with van der Waals surface area (Å²) in [5.41, 5.74) is 5.69. The molecule has 0 aromatic heterocycles. The smallest absolute Gasteiger partial charge is 0.239 e. The summed E-state index contributed by atoms with van der Waals surface area (Å²) in [6.07, 6.45) is 1.01. The quantitative estimate of drug-likeness (QED) is 0.570. The number of nitrogens with two attached hydrogens (primary N) is 1. The van der Waals surface area contributed by atoms with Gasteiger partial charge < -0.3 is 25.8 Å². The normalized spacial score (nSPS) is 20.1. The molecule has 0 spiro atoms. The summed E-state index contributed by atoms with van der Waals surface area (Å²) < 4.78 is 10.8. The van der Waals surface area contributed by atoms with Gasteiger partial charge >= 0.3 is 0 Å². The number of halogens is 1. The number of ether oxygens (including phenoxy) is 2. The summed E-state index contributed by atoms with van der Waals surface area (Å²) in [6, 6.07) is -0.713. The first kappa shape index (κ1) is 21.1. The molecule has 1 fully saturated rings. The van der Waals surface area contributed by atoms with E-state index in [1.54, 1.807) is 0 Å². The highest BCUT2D eigenvalue weighted by molar-refractivity contribution is 5.87. The van der Waals surface area contributed by atoms with E-state index in [-0.39, 0.29) is 48.8 Å². The Morgan fingerprint density at radius 2 is 2.05 bits per heavy atom. The predicted molar refractivity (Wildman–Crippen MR) is 85.9 cm³/mol. The topological polar surface area (TPSA) is 103 Å². The molecule has 2 unspecified atom stereocenters. The van der Waals surface area contributed by atoms with Crippen molar-refractivity contribution in [1.29, 1.82) is 0 Å². The van der Waals surface area contributed by atoms with Gasteiger partial charge in [0.2, 0.25) is 11.8 Å². The molecule has 7 nitrogen and oxygen atoms in total. The first-order valence-electron chi connectivity index (χ1n) is 7.42. The zero-order chi connectivity index (χ0) is 15.8. The lowest BCUT2D eigenvalue weighted by atomic mass is 10.1. The van der Waals surface area contributed by atoms with Crippen LogP contribution < -0.4 is 16.4 Å². The Morgan fingerprint density at radius 3 is 2.59 bits per heavy atom. The molecule has 0 bridgehead atoms. The highest BCUT2D eigenvalue weighted by Gasteiger charge is 2.19. The molecule has 130 valence electrons. The van der Waals surface area contributed by atoms with E-state index in [1.807, 2.05) is 20.8 Å². The maximum absolute atomic E-state index is 11.7. The average molecular weight is 338 g/mol. The van der Waals surface area contributed by atoms with E-state index in [9.17, 15) is 9.59 Å². The monoisotopic (exact) mass is 337 g/mol. The third-order valence-corrected chi connectivity index (χ3v) is 3.32. The van der Waals surface area contributed by atoms with Crippen LogP contribution in [0.25, 0.3) is 0 Å². The number of amides is 2. The third kappa shape index (κ3) is 7.93. The maximum Gasteiger partial charge on any atom is 0.239 e. The van der Waals surface area contributed by atoms with E-state index < -0.39 is 6.04 Å². The molecule has 22 heavy (non-hydrogen) atoms. The number of nitrogens with one attached hydrogen (secondary N) is 2.